The van der Waals surface area contributed by atoms with Gasteiger partial charge in [-0.1, -0.05) is 48.5 Å². The SMILES string of the molecule is CCOC(=O)/C=C/c1oc2ccc3ccccc3c2c1-c1ccccc1I. The number of benzene rings is 3. The third-order valence-corrected chi connectivity index (χ3v) is 5.35. The largest absolute Gasteiger partial charge is 0.463 e. The monoisotopic (exact) mass is 468 g/mol. The molecule has 0 fully saturated rings. The summed E-state index contributed by atoms with van der Waals surface area (Å²) in [4.78, 5) is 11.8. The molecule has 4 aromatic rings. The van der Waals surface area contributed by atoms with Crippen LogP contribution in [0.4, 0.5) is 0 Å². The Balaban J connectivity index is 2.03. The van der Waals surface area contributed by atoms with Crippen LogP contribution < -0.4 is 0 Å². The average molecular weight is 468 g/mol. The van der Waals surface area contributed by atoms with E-state index < -0.39 is 0 Å². The van der Waals surface area contributed by atoms with Gasteiger partial charge in [-0.15, -0.1) is 0 Å². The Bertz CT molecular complexity index is 1170. The molecule has 1 heterocycles. The van der Waals surface area contributed by atoms with Crippen molar-refractivity contribution in [3.8, 4) is 11.1 Å². The van der Waals surface area contributed by atoms with E-state index in [0.29, 0.717) is 12.4 Å². The lowest BCUT2D eigenvalue weighted by Gasteiger charge is -2.06. The maximum Gasteiger partial charge on any atom is 0.330 e. The van der Waals surface area contributed by atoms with E-state index in [-0.39, 0.29) is 5.97 Å². The van der Waals surface area contributed by atoms with Crippen LogP contribution in [0.5, 0.6) is 0 Å². The summed E-state index contributed by atoms with van der Waals surface area (Å²) < 4.78 is 12.3. The number of hydrogen-bond acceptors (Lipinski definition) is 3. The molecule has 1 aromatic heterocycles. The minimum Gasteiger partial charge on any atom is -0.463 e. The molecule has 0 aliphatic carbocycles. The third-order valence-electron chi connectivity index (χ3n) is 4.41. The van der Waals surface area contributed by atoms with Crippen LogP contribution in [0, 0.1) is 3.57 Å². The molecule has 4 rings (SSSR count). The summed E-state index contributed by atoms with van der Waals surface area (Å²) in [7, 11) is 0. The standard InChI is InChI=1S/C23H17IO3/c1-2-26-21(25)14-13-20-23(17-9-5-6-10-18(17)24)22-16-8-4-3-7-15(16)11-12-19(22)27-20/h3-14H,2H2,1H3/b14-13+. The van der Waals surface area contributed by atoms with Gasteiger partial charge in [0, 0.05) is 20.6 Å². The van der Waals surface area contributed by atoms with Crippen molar-refractivity contribution in [2.24, 2.45) is 0 Å². The van der Waals surface area contributed by atoms with E-state index in [4.69, 9.17) is 9.15 Å². The molecule has 4 heteroatoms. The van der Waals surface area contributed by atoms with Crippen molar-refractivity contribution in [1.82, 2.24) is 0 Å². The summed E-state index contributed by atoms with van der Waals surface area (Å²) >= 11 is 2.33. The zero-order valence-electron chi connectivity index (χ0n) is 14.7. The van der Waals surface area contributed by atoms with Crippen LogP contribution in [-0.4, -0.2) is 12.6 Å². The Morgan fingerprint density at radius 2 is 1.85 bits per heavy atom. The zero-order valence-corrected chi connectivity index (χ0v) is 16.9. The molecular formula is C23H17IO3. The number of hydrogen-bond donors (Lipinski definition) is 0. The summed E-state index contributed by atoms with van der Waals surface area (Å²) in [6.07, 6.45) is 3.12. The number of furan rings is 1. The average Bonchev–Trinajstić information content (AvgIpc) is 3.06. The second kappa shape index (κ2) is 7.56. The minimum atomic E-state index is -0.378. The molecule has 0 aliphatic rings. The van der Waals surface area contributed by atoms with Crippen molar-refractivity contribution in [3.63, 3.8) is 0 Å². The summed E-state index contributed by atoms with van der Waals surface area (Å²) in [6, 6.07) is 20.5. The second-order valence-corrected chi connectivity index (χ2v) is 7.23. The number of halogens is 1. The van der Waals surface area contributed by atoms with Gasteiger partial charge < -0.3 is 9.15 Å². The number of esters is 1. The number of fused-ring (bicyclic) bond motifs is 3. The molecule has 0 saturated heterocycles. The van der Waals surface area contributed by atoms with E-state index in [0.717, 1.165) is 36.4 Å². The highest BCUT2D eigenvalue weighted by atomic mass is 127. The highest BCUT2D eigenvalue weighted by molar-refractivity contribution is 14.1. The van der Waals surface area contributed by atoms with Crippen molar-refractivity contribution in [2.45, 2.75) is 6.92 Å². The van der Waals surface area contributed by atoms with E-state index in [2.05, 4.69) is 52.9 Å². The highest BCUT2D eigenvalue weighted by Crippen LogP contribution is 2.41. The molecule has 3 aromatic carbocycles. The summed E-state index contributed by atoms with van der Waals surface area (Å²) in [5.41, 5.74) is 2.87. The molecule has 134 valence electrons. The Kier molecular flexibility index (Phi) is 4.99. The van der Waals surface area contributed by atoms with Crippen LogP contribution >= 0.6 is 22.6 Å². The highest BCUT2D eigenvalue weighted by Gasteiger charge is 2.18. The van der Waals surface area contributed by atoms with Crippen molar-refractivity contribution in [1.29, 1.82) is 0 Å². The Hall–Kier alpha value is -2.60. The lowest BCUT2D eigenvalue weighted by atomic mass is 9.97. The van der Waals surface area contributed by atoms with E-state index >= 15 is 0 Å². The predicted octanol–water partition coefficient (Wildman–Crippen LogP) is 6.43. The molecule has 0 unspecified atom stereocenters. The van der Waals surface area contributed by atoms with Crippen LogP contribution in [0.2, 0.25) is 0 Å². The maximum absolute atomic E-state index is 11.8. The number of carbonyl (C=O) groups excluding carboxylic acids is 1. The fourth-order valence-electron chi connectivity index (χ4n) is 3.27. The van der Waals surface area contributed by atoms with Gasteiger partial charge in [-0.25, -0.2) is 4.79 Å². The molecule has 0 atom stereocenters. The van der Waals surface area contributed by atoms with Gasteiger partial charge in [0.2, 0.25) is 0 Å². The molecule has 0 spiro atoms. The molecule has 0 radical (unpaired) electrons. The molecule has 0 N–H and O–H groups in total. The Labute approximate surface area is 170 Å². The summed E-state index contributed by atoms with van der Waals surface area (Å²) in [5.74, 6) is 0.273. The van der Waals surface area contributed by atoms with Gasteiger partial charge in [-0.2, -0.15) is 0 Å². The maximum atomic E-state index is 11.8. The normalized spacial score (nSPS) is 11.5. The van der Waals surface area contributed by atoms with Crippen molar-refractivity contribution < 1.29 is 13.9 Å². The van der Waals surface area contributed by atoms with E-state index in [9.17, 15) is 4.79 Å². The minimum absolute atomic E-state index is 0.345. The van der Waals surface area contributed by atoms with Crippen LogP contribution in [0.15, 0.2) is 71.2 Å². The topological polar surface area (TPSA) is 39.4 Å². The summed E-state index contributed by atoms with van der Waals surface area (Å²) in [5, 5.41) is 3.34. The molecule has 0 aliphatic heterocycles. The van der Waals surface area contributed by atoms with Crippen LogP contribution in [0.3, 0.4) is 0 Å². The van der Waals surface area contributed by atoms with Crippen LogP contribution in [0.25, 0.3) is 38.9 Å². The van der Waals surface area contributed by atoms with Gasteiger partial charge >= 0.3 is 5.97 Å². The third kappa shape index (κ3) is 3.37. The fourth-order valence-corrected chi connectivity index (χ4v) is 3.93. The van der Waals surface area contributed by atoms with Crippen LogP contribution in [0.1, 0.15) is 12.7 Å². The molecular weight excluding hydrogens is 451 g/mol. The first-order valence-electron chi connectivity index (χ1n) is 8.73. The van der Waals surface area contributed by atoms with Crippen molar-refractivity contribution >= 4 is 56.4 Å². The van der Waals surface area contributed by atoms with Crippen molar-refractivity contribution in [3.05, 3.63) is 76.1 Å². The number of ether oxygens (including phenoxy) is 1. The van der Waals surface area contributed by atoms with Gasteiger partial charge in [0.15, 0.2) is 0 Å². The zero-order chi connectivity index (χ0) is 18.8. The smallest absolute Gasteiger partial charge is 0.330 e. The first kappa shape index (κ1) is 17.8. The van der Waals surface area contributed by atoms with Gasteiger partial charge in [0.1, 0.15) is 11.3 Å². The van der Waals surface area contributed by atoms with E-state index in [1.54, 1.807) is 13.0 Å². The van der Waals surface area contributed by atoms with E-state index in [1.807, 2.05) is 30.3 Å². The fraction of sp³-hybridized carbons (Fsp3) is 0.0870. The quantitative estimate of drug-likeness (QED) is 0.197. The molecule has 3 nitrogen and oxygen atoms in total. The van der Waals surface area contributed by atoms with Gasteiger partial charge in [-0.3, -0.25) is 0 Å². The molecule has 0 bridgehead atoms. The first-order valence-corrected chi connectivity index (χ1v) is 9.81. The van der Waals surface area contributed by atoms with E-state index in [1.165, 1.54) is 6.08 Å². The van der Waals surface area contributed by atoms with Gasteiger partial charge in [0.05, 0.1) is 6.61 Å². The Morgan fingerprint density at radius 1 is 1.07 bits per heavy atom. The molecule has 27 heavy (non-hydrogen) atoms. The first-order chi connectivity index (χ1) is 13.2. The molecule has 0 amide bonds. The predicted molar refractivity (Wildman–Crippen MR) is 118 cm³/mol. The number of carbonyl (C=O) groups is 1. The summed E-state index contributed by atoms with van der Waals surface area (Å²) in [6.45, 7) is 2.13. The van der Waals surface area contributed by atoms with Gasteiger partial charge in [-0.05, 0) is 64.1 Å². The van der Waals surface area contributed by atoms with Gasteiger partial charge in [0.25, 0.3) is 0 Å². The number of rotatable bonds is 4. The van der Waals surface area contributed by atoms with Crippen molar-refractivity contribution in [2.75, 3.05) is 6.61 Å². The van der Waals surface area contributed by atoms with Crippen LogP contribution in [-0.2, 0) is 9.53 Å². The molecule has 0 saturated carbocycles. The Morgan fingerprint density at radius 3 is 2.67 bits per heavy atom. The lowest BCUT2D eigenvalue weighted by molar-refractivity contribution is -0.137. The lowest BCUT2D eigenvalue weighted by Crippen LogP contribution is -1.98. The second-order valence-electron chi connectivity index (χ2n) is 6.07.